The van der Waals surface area contributed by atoms with E-state index in [1.165, 1.54) is 0 Å². The molecule has 5 heteroatoms. The van der Waals surface area contributed by atoms with E-state index in [0.29, 0.717) is 11.8 Å². The highest BCUT2D eigenvalue weighted by atomic mass is 16.6. The molecule has 0 unspecified atom stereocenters. The Hall–Kier alpha value is -1.78. The van der Waals surface area contributed by atoms with Gasteiger partial charge in [-0.3, -0.25) is 0 Å². The first-order chi connectivity index (χ1) is 9.85. The SMILES string of the molecule is C[C@@H]1CN(C(=O)OC(C)(C)C)C[C@H]1CNc1ccccn1. The molecule has 2 heterocycles. The van der Waals surface area contributed by atoms with Gasteiger partial charge in [-0.15, -0.1) is 0 Å². The fraction of sp³-hybridized carbons (Fsp3) is 0.625. The lowest BCUT2D eigenvalue weighted by Gasteiger charge is -2.24. The molecule has 0 aliphatic carbocycles. The van der Waals surface area contributed by atoms with E-state index in [9.17, 15) is 4.79 Å². The Bertz CT molecular complexity index is 470. The quantitative estimate of drug-likeness (QED) is 0.930. The van der Waals surface area contributed by atoms with Crippen molar-refractivity contribution in [3.8, 4) is 0 Å². The number of nitrogens with one attached hydrogen (secondary N) is 1. The van der Waals surface area contributed by atoms with Gasteiger partial charge in [0.1, 0.15) is 11.4 Å². The van der Waals surface area contributed by atoms with Crippen LogP contribution in [0.5, 0.6) is 0 Å². The van der Waals surface area contributed by atoms with E-state index >= 15 is 0 Å². The third kappa shape index (κ3) is 4.62. The third-order valence-corrected chi connectivity index (χ3v) is 3.63. The minimum Gasteiger partial charge on any atom is -0.444 e. The Morgan fingerprint density at radius 2 is 2.19 bits per heavy atom. The maximum atomic E-state index is 12.1. The van der Waals surface area contributed by atoms with E-state index in [0.717, 1.165) is 25.5 Å². The maximum Gasteiger partial charge on any atom is 0.410 e. The minimum atomic E-state index is -0.440. The molecule has 0 bridgehead atoms. The monoisotopic (exact) mass is 291 g/mol. The van der Waals surface area contributed by atoms with Gasteiger partial charge in [0, 0.05) is 25.8 Å². The lowest BCUT2D eigenvalue weighted by Crippen LogP contribution is -2.35. The number of pyridine rings is 1. The van der Waals surface area contributed by atoms with Crippen molar-refractivity contribution >= 4 is 11.9 Å². The van der Waals surface area contributed by atoms with E-state index in [1.807, 2.05) is 39.0 Å². The molecule has 2 rings (SSSR count). The topological polar surface area (TPSA) is 54.5 Å². The summed E-state index contributed by atoms with van der Waals surface area (Å²) in [5.41, 5.74) is -0.440. The first kappa shape index (κ1) is 15.6. The number of hydrogen-bond donors (Lipinski definition) is 1. The Kier molecular flexibility index (Phi) is 4.70. The van der Waals surface area contributed by atoms with E-state index in [2.05, 4.69) is 17.2 Å². The van der Waals surface area contributed by atoms with Gasteiger partial charge in [-0.25, -0.2) is 9.78 Å². The van der Waals surface area contributed by atoms with Crippen LogP contribution < -0.4 is 5.32 Å². The summed E-state index contributed by atoms with van der Waals surface area (Å²) in [7, 11) is 0. The molecule has 21 heavy (non-hydrogen) atoms. The molecule has 1 aromatic heterocycles. The molecule has 1 N–H and O–H groups in total. The summed E-state index contributed by atoms with van der Waals surface area (Å²) in [5, 5.41) is 3.33. The van der Waals surface area contributed by atoms with Gasteiger partial charge in [-0.2, -0.15) is 0 Å². The van der Waals surface area contributed by atoms with E-state index in [1.54, 1.807) is 11.1 Å². The van der Waals surface area contributed by atoms with Crippen LogP contribution in [0.4, 0.5) is 10.6 Å². The number of ether oxygens (including phenoxy) is 1. The van der Waals surface area contributed by atoms with Gasteiger partial charge in [-0.1, -0.05) is 13.0 Å². The second-order valence-corrected chi connectivity index (χ2v) is 6.72. The molecule has 5 nitrogen and oxygen atoms in total. The summed E-state index contributed by atoms with van der Waals surface area (Å²) in [4.78, 5) is 18.2. The molecule has 116 valence electrons. The summed E-state index contributed by atoms with van der Waals surface area (Å²) >= 11 is 0. The number of rotatable bonds is 3. The Morgan fingerprint density at radius 3 is 2.81 bits per heavy atom. The van der Waals surface area contributed by atoms with Gasteiger partial charge >= 0.3 is 6.09 Å². The highest BCUT2D eigenvalue weighted by Gasteiger charge is 2.34. The van der Waals surface area contributed by atoms with Crippen molar-refractivity contribution in [1.82, 2.24) is 9.88 Å². The van der Waals surface area contributed by atoms with E-state index in [4.69, 9.17) is 4.74 Å². The van der Waals surface area contributed by atoms with Crippen molar-refractivity contribution in [2.45, 2.75) is 33.3 Å². The average Bonchev–Trinajstić information content (AvgIpc) is 2.77. The van der Waals surface area contributed by atoms with Gasteiger partial charge < -0.3 is 15.0 Å². The molecule has 0 spiro atoms. The predicted molar refractivity (Wildman–Crippen MR) is 83.2 cm³/mol. The number of anilines is 1. The van der Waals surface area contributed by atoms with Crippen molar-refractivity contribution in [2.75, 3.05) is 25.0 Å². The molecule has 0 aromatic carbocycles. The predicted octanol–water partition coefficient (Wildman–Crippen LogP) is 3.00. The van der Waals surface area contributed by atoms with Gasteiger partial charge in [0.05, 0.1) is 0 Å². The molecule has 0 saturated carbocycles. The molecular weight excluding hydrogens is 266 g/mol. The van der Waals surface area contributed by atoms with Crippen LogP contribution in [-0.4, -0.2) is 41.2 Å². The second-order valence-electron chi connectivity index (χ2n) is 6.72. The van der Waals surface area contributed by atoms with Crippen LogP contribution in [0.15, 0.2) is 24.4 Å². The standard InChI is InChI=1S/C16H25N3O2/c1-12-10-19(15(20)21-16(2,3)4)11-13(12)9-18-14-7-5-6-8-17-14/h5-8,12-13H,9-11H2,1-4H3,(H,17,18)/t12-,13-/m1/s1. The van der Waals surface area contributed by atoms with Crippen molar-refractivity contribution in [3.05, 3.63) is 24.4 Å². The molecule has 0 radical (unpaired) electrons. The summed E-state index contributed by atoms with van der Waals surface area (Å²) < 4.78 is 5.44. The molecular formula is C16H25N3O2. The summed E-state index contributed by atoms with van der Waals surface area (Å²) in [6.45, 7) is 10.2. The fourth-order valence-corrected chi connectivity index (χ4v) is 2.48. The van der Waals surface area contributed by atoms with Crippen LogP contribution in [-0.2, 0) is 4.74 Å². The van der Waals surface area contributed by atoms with Crippen LogP contribution >= 0.6 is 0 Å². The van der Waals surface area contributed by atoms with Crippen LogP contribution in [0, 0.1) is 11.8 Å². The maximum absolute atomic E-state index is 12.1. The molecule has 1 fully saturated rings. The zero-order valence-corrected chi connectivity index (χ0v) is 13.3. The van der Waals surface area contributed by atoms with Crippen LogP contribution in [0.1, 0.15) is 27.7 Å². The van der Waals surface area contributed by atoms with Crippen LogP contribution in [0.25, 0.3) is 0 Å². The van der Waals surface area contributed by atoms with Gasteiger partial charge in [0.25, 0.3) is 0 Å². The number of aromatic nitrogens is 1. The smallest absolute Gasteiger partial charge is 0.410 e. The first-order valence-corrected chi connectivity index (χ1v) is 7.48. The van der Waals surface area contributed by atoms with E-state index in [-0.39, 0.29) is 6.09 Å². The molecule has 1 aromatic rings. The Balaban J connectivity index is 1.85. The molecule has 2 atom stereocenters. The number of hydrogen-bond acceptors (Lipinski definition) is 4. The molecule has 1 aliphatic heterocycles. The van der Waals surface area contributed by atoms with Gasteiger partial charge in [0.15, 0.2) is 0 Å². The second kappa shape index (κ2) is 6.33. The average molecular weight is 291 g/mol. The molecule has 1 amide bonds. The highest BCUT2D eigenvalue weighted by Crippen LogP contribution is 2.25. The Morgan fingerprint density at radius 1 is 1.43 bits per heavy atom. The van der Waals surface area contributed by atoms with Gasteiger partial charge in [0.2, 0.25) is 0 Å². The first-order valence-electron chi connectivity index (χ1n) is 7.48. The molecule has 1 aliphatic rings. The largest absolute Gasteiger partial charge is 0.444 e. The zero-order chi connectivity index (χ0) is 15.5. The normalized spacial score (nSPS) is 22.2. The number of amides is 1. The summed E-state index contributed by atoms with van der Waals surface area (Å²) in [6.07, 6.45) is 1.56. The third-order valence-electron chi connectivity index (χ3n) is 3.63. The highest BCUT2D eigenvalue weighted by molar-refractivity contribution is 5.68. The summed E-state index contributed by atoms with van der Waals surface area (Å²) in [5.74, 6) is 1.74. The lowest BCUT2D eigenvalue weighted by atomic mass is 9.98. The fourth-order valence-electron chi connectivity index (χ4n) is 2.48. The number of nitrogens with zero attached hydrogens (tertiary/aromatic N) is 2. The lowest BCUT2D eigenvalue weighted by molar-refractivity contribution is 0.0285. The van der Waals surface area contributed by atoms with Gasteiger partial charge in [-0.05, 0) is 44.7 Å². The zero-order valence-electron chi connectivity index (χ0n) is 13.3. The molecule has 1 saturated heterocycles. The number of likely N-dealkylation sites (tertiary alicyclic amines) is 1. The van der Waals surface area contributed by atoms with Crippen molar-refractivity contribution in [2.24, 2.45) is 11.8 Å². The van der Waals surface area contributed by atoms with Crippen molar-refractivity contribution in [1.29, 1.82) is 0 Å². The van der Waals surface area contributed by atoms with E-state index < -0.39 is 5.60 Å². The Labute approximate surface area is 126 Å². The number of carbonyl (C=O) groups excluding carboxylic acids is 1. The van der Waals surface area contributed by atoms with Crippen molar-refractivity contribution < 1.29 is 9.53 Å². The number of carbonyl (C=O) groups is 1. The van der Waals surface area contributed by atoms with Crippen molar-refractivity contribution in [3.63, 3.8) is 0 Å². The minimum absolute atomic E-state index is 0.213. The van der Waals surface area contributed by atoms with Crippen LogP contribution in [0.3, 0.4) is 0 Å². The van der Waals surface area contributed by atoms with Crippen LogP contribution in [0.2, 0.25) is 0 Å². The summed E-state index contributed by atoms with van der Waals surface area (Å²) in [6, 6.07) is 5.80.